The molecular formula is C27H35N3O3. The fraction of sp³-hybridized carbons (Fsp3) is 0.519. The predicted molar refractivity (Wildman–Crippen MR) is 130 cm³/mol. The summed E-state index contributed by atoms with van der Waals surface area (Å²) in [6, 6.07) is 12.7. The number of ether oxygens (including phenoxy) is 2. The molecule has 5 rings (SSSR count). The van der Waals surface area contributed by atoms with Crippen LogP contribution >= 0.6 is 0 Å². The van der Waals surface area contributed by atoms with Gasteiger partial charge in [-0.05, 0) is 62.4 Å². The lowest BCUT2D eigenvalue weighted by Gasteiger charge is -2.37. The maximum Gasteiger partial charge on any atom is 0.235 e. The van der Waals surface area contributed by atoms with Gasteiger partial charge in [-0.2, -0.15) is 0 Å². The Bertz CT molecular complexity index is 1020. The highest BCUT2D eigenvalue weighted by Crippen LogP contribution is 2.51. The van der Waals surface area contributed by atoms with E-state index in [2.05, 4.69) is 27.7 Å². The molecule has 176 valence electrons. The average molecular weight is 450 g/mol. The molecule has 0 radical (unpaired) electrons. The van der Waals surface area contributed by atoms with Crippen LogP contribution in [0.3, 0.4) is 0 Å². The van der Waals surface area contributed by atoms with Crippen LogP contribution in [-0.2, 0) is 16.6 Å². The molecule has 1 saturated heterocycles. The van der Waals surface area contributed by atoms with Crippen LogP contribution in [0, 0.1) is 0 Å². The molecule has 2 aromatic rings. The van der Waals surface area contributed by atoms with Gasteiger partial charge in [0.05, 0.1) is 25.7 Å². The number of carbonyl (C=O) groups excluding carboxylic acids is 1. The van der Waals surface area contributed by atoms with Gasteiger partial charge in [0.2, 0.25) is 5.91 Å². The number of piperazine rings is 1. The first-order valence-corrected chi connectivity index (χ1v) is 12.3. The second-order valence-corrected chi connectivity index (χ2v) is 9.51. The van der Waals surface area contributed by atoms with Crippen LogP contribution < -0.4 is 20.1 Å². The Kier molecular flexibility index (Phi) is 6.30. The molecule has 2 aliphatic heterocycles. The second kappa shape index (κ2) is 9.35. The topological polar surface area (TPSA) is 62.8 Å². The van der Waals surface area contributed by atoms with Crippen molar-refractivity contribution in [2.75, 3.05) is 45.7 Å². The van der Waals surface area contributed by atoms with E-state index in [1.165, 1.54) is 16.7 Å². The summed E-state index contributed by atoms with van der Waals surface area (Å²) in [7, 11) is 3.47. The minimum absolute atomic E-state index is 0.181. The average Bonchev–Trinajstić information content (AvgIpc) is 3.15. The number of hydrogen-bond donors (Lipinski definition) is 2. The quantitative estimate of drug-likeness (QED) is 0.596. The van der Waals surface area contributed by atoms with Crippen LogP contribution in [0.15, 0.2) is 36.4 Å². The summed E-state index contributed by atoms with van der Waals surface area (Å²) in [5, 5.41) is 6.72. The lowest BCUT2D eigenvalue weighted by atomic mass is 9.68. The van der Waals surface area contributed by atoms with Crippen LogP contribution in [0.1, 0.15) is 54.8 Å². The molecule has 33 heavy (non-hydrogen) atoms. The standard InChI is InChI=1S/C27H35N3O3/c1-32-23-10-4-3-8-19(23)22-18-28-15-17-30(22)16-6-5-13-27-14-7-9-20-24(33-2)12-11-21(25(20)27)29-26(27)31/h3-4,8,10-12,22,28H,5-7,9,13-18H2,1-2H3,(H,29,31). The number of unbranched alkanes of at least 4 members (excludes halogenated alkanes) is 1. The number of rotatable bonds is 8. The minimum Gasteiger partial charge on any atom is -0.496 e. The zero-order valence-electron chi connectivity index (χ0n) is 19.8. The van der Waals surface area contributed by atoms with Crippen molar-refractivity contribution < 1.29 is 14.3 Å². The molecule has 2 aromatic carbocycles. The SMILES string of the molecule is COc1ccccc1C1CNCCN1CCCCC12CCCc3c(OC)ccc(c31)NC2=O. The highest BCUT2D eigenvalue weighted by atomic mass is 16.5. The van der Waals surface area contributed by atoms with E-state index in [-0.39, 0.29) is 11.3 Å². The fourth-order valence-corrected chi connectivity index (χ4v) is 6.25. The molecule has 2 unspecified atom stereocenters. The molecule has 0 aromatic heterocycles. The van der Waals surface area contributed by atoms with Crippen molar-refractivity contribution in [1.29, 1.82) is 0 Å². The molecule has 2 atom stereocenters. The number of amides is 1. The highest BCUT2D eigenvalue weighted by Gasteiger charge is 2.49. The predicted octanol–water partition coefficient (Wildman–Crippen LogP) is 4.05. The summed E-state index contributed by atoms with van der Waals surface area (Å²) in [4.78, 5) is 15.8. The number of anilines is 1. The molecule has 1 amide bonds. The number of nitrogens with zero attached hydrogens (tertiary/aromatic N) is 1. The Labute approximate surface area is 196 Å². The smallest absolute Gasteiger partial charge is 0.235 e. The lowest BCUT2D eigenvalue weighted by molar-refractivity contribution is -0.121. The van der Waals surface area contributed by atoms with Crippen molar-refractivity contribution >= 4 is 11.6 Å². The van der Waals surface area contributed by atoms with Gasteiger partial charge in [0.15, 0.2) is 0 Å². The third-order valence-electron chi connectivity index (χ3n) is 7.83. The number of nitrogens with one attached hydrogen (secondary N) is 2. The van der Waals surface area contributed by atoms with Gasteiger partial charge in [-0.15, -0.1) is 0 Å². The minimum atomic E-state index is -0.386. The van der Waals surface area contributed by atoms with Gasteiger partial charge in [-0.3, -0.25) is 9.69 Å². The maximum atomic E-state index is 13.2. The molecule has 3 aliphatic rings. The van der Waals surface area contributed by atoms with Crippen molar-refractivity contribution in [1.82, 2.24) is 10.2 Å². The molecule has 2 heterocycles. The zero-order chi connectivity index (χ0) is 22.8. The van der Waals surface area contributed by atoms with E-state index in [1.54, 1.807) is 14.2 Å². The Hall–Kier alpha value is -2.57. The summed E-state index contributed by atoms with van der Waals surface area (Å²) in [5.41, 5.74) is 4.31. The molecule has 0 spiro atoms. The lowest BCUT2D eigenvalue weighted by Crippen LogP contribution is -2.46. The first kappa shape index (κ1) is 22.2. The number of hydrogen-bond acceptors (Lipinski definition) is 5. The van der Waals surface area contributed by atoms with Gasteiger partial charge in [0.25, 0.3) is 0 Å². The molecule has 1 fully saturated rings. The first-order chi connectivity index (χ1) is 16.2. The van der Waals surface area contributed by atoms with E-state index in [0.717, 1.165) is 81.9 Å². The summed E-state index contributed by atoms with van der Waals surface area (Å²) in [5.74, 6) is 2.06. The van der Waals surface area contributed by atoms with E-state index in [1.807, 2.05) is 24.3 Å². The molecule has 2 N–H and O–H groups in total. The van der Waals surface area contributed by atoms with Crippen LogP contribution in [0.5, 0.6) is 11.5 Å². The van der Waals surface area contributed by atoms with Crippen LogP contribution in [0.4, 0.5) is 5.69 Å². The maximum absolute atomic E-state index is 13.2. The molecule has 1 aliphatic carbocycles. The molecule has 0 bridgehead atoms. The summed E-state index contributed by atoms with van der Waals surface area (Å²) in [6.45, 7) is 4.00. The number of carbonyl (C=O) groups is 1. The highest BCUT2D eigenvalue weighted by molar-refractivity contribution is 6.07. The van der Waals surface area contributed by atoms with Gasteiger partial charge in [0, 0.05) is 36.4 Å². The number of para-hydroxylation sites is 1. The van der Waals surface area contributed by atoms with Crippen molar-refractivity contribution in [3.8, 4) is 11.5 Å². The monoisotopic (exact) mass is 449 g/mol. The Morgan fingerprint density at radius 2 is 1.94 bits per heavy atom. The zero-order valence-corrected chi connectivity index (χ0v) is 19.8. The van der Waals surface area contributed by atoms with Crippen LogP contribution in [-0.4, -0.2) is 51.2 Å². The second-order valence-electron chi connectivity index (χ2n) is 9.51. The summed E-state index contributed by atoms with van der Waals surface area (Å²) >= 11 is 0. The van der Waals surface area contributed by atoms with Gasteiger partial charge >= 0.3 is 0 Å². The van der Waals surface area contributed by atoms with E-state index in [4.69, 9.17) is 9.47 Å². The summed E-state index contributed by atoms with van der Waals surface area (Å²) in [6.07, 6.45) is 5.97. The van der Waals surface area contributed by atoms with Gasteiger partial charge in [-0.25, -0.2) is 0 Å². The van der Waals surface area contributed by atoms with Gasteiger partial charge in [-0.1, -0.05) is 24.6 Å². The van der Waals surface area contributed by atoms with Crippen molar-refractivity contribution in [3.63, 3.8) is 0 Å². The number of benzene rings is 2. The van der Waals surface area contributed by atoms with Gasteiger partial charge in [0.1, 0.15) is 11.5 Å². The van der Waals surface area contributed by atoms with E-state index in [9.17, 15) is 4.79 Å². The third-order valence-corrected chi connectivity index (χ3v) is 7.83. The largest absolute Gasteiger partial charge is 0.496 e. The van der Waals surface area contributed by atoms with E-state index < -0.39 is 0 Å². The molecule has 6 heteroatoms. The Morgan fingerprint density at radius 1 is 1.09 bits per heavy atom. The Morgan fingerprint density at radius 3 is 2.79 bits per heavy atom. The summed E-state index contributed by atoms with van der Waals surface area (Å²) < 4.78 is 11.3. The van der Waals surface area contributed by atoms with Crippen molar-refractivity contribution in [3.05, 3.63) is 53.1 Å². The molecule has 0 saturated carbocycles. The van der Waals surface area contributed by atoms with Crippen molar-refractivity contribution in [2.45, 2.75) is 50.0 Å². The third kappa shape index (κ3) is 3.89. The van der Waals surface area contributed by atoms with Crippen LogP contribution in [0.25, 0.3) is 0 Å². The van der Waals surface area contributed by atoms with Gasteiger partial charge < -0.3 is 20.1 Å². The Balaban J connectivity index is 1.28. The normalized spacial score (nSPS) is 24.3. The molecular weight excluding hydrogens is 414 g/mol. The van der Waals surface area contributed by atoms with E-state index >= 15 is 0 Å². The molecule has 6 nitrogen and oxygen atoms in total. The first-order valence-electron chi connectivity index (χ1n) is 12.3. The van der Waals surface area contributed by atoms with E-state index in [0.29, 0.717) is 6.04 Å². The van der Waals surface area contributed by atoms with Crippen molar-refractivity contribution in [2.24, 2.45) is 0 Å². The van der Waals surface area contributed by atoms with Crippen LogP contribution in [0.2, 0.25) is 0 Å². The fourth-order valence-electron chi connectivity index (χ4n) is 6.25. The number of methoxy groups -OCH3 is 2.